The van der Waals surface area contributed by atoms with Gasteiger partial charge in [-0.3, -0.25) is 4.79 Å². The fourth-order valence-electron chi connectivity index (χ4n) is 1.31. The van der Waals surface area contributed by atoms with Crippen molar-refractivity contribution in [2.45, 2.75) is 26.3 Å². The first-order chi connectivity index (χ1) is 7.99. The second-order valence-corrected chi connectivity index (χ2v) is 4.90. The third-order valence-corrected chi connectivity index (χ3v) is 2.48. The van der Waals surface area contributed by atoms with Gasteiger partial charge in [0.05, 0.1) is 6.61 Å². The predicted molar refractivity (Wildman–Crippen MR) is 68.9 cm³/mol. The molecule has 0 bridgehead atoms. The van der Waals surface area contributed by atoms with Gasteiger partial charge in [0.1, 0.15) is 6.04 Å². The number of benzene rings is 1. The molecular weight excluding hydrogens is 238 g/mol. The maximum absolute atomic E-state index is 11.5. The fraction of sp³-hybridized carbons (Fsp3) is 0.462. The van der Waals surface area contributed by atoms with Crippen LogP contribution in [0.25, 0.3) is 0 Å². The van der Waals surface area contributed by atoms with E-state index in [0.29, 0.717) is 24.0 Å². The Balaban J connectivity index is 2.45. The molecular formula is C13H18ClNO2. The topological polar surface area (TPSA) is 52.3 Å². The molecule has 1 rings (SSSR count). The Morgan fingerprint density at radius 3 is 2.47 bits per heavy atom. The third-order valence-electron chi connectivity index (χ3n) is 2.23. The summed E-state index contributed by atoms with van der Waals surface area (Å²) in [7, 11) is 0. The van der Waals surface area contributed by atoms with Crippen molar-refractivity contribution in [3.63, 3.8) is 0 Å². The molecule has 0 amide bonds. The molecule has 0 spiro atoms. The number of nitrogens with two attached hydrogens (primary N) is 1. The lowest BCUT2D eigenvalue weighted by Crippen LogP contribution is -2.35. The number of halogens is 1. The quantitative estimate of drug-likeness (QED) is 0.822. The van der Waals surface area contributed by atoms with E-state index in [2.05, 4.69) is 0 Å². The summed E-state index contributed by atoms with van der Waals surface area (Å²) in [6, 6.07) is 6.66. The largest absolute Gasteiger partial charge is 0.464 e. The molecule has 0 radical (unpaired) electrons. The summed E-state index contributed by atoms with van der Waals surface area (Å²) in [4.78, 5) is 11.5. The first kappa shape index (κ1) is 14.0. The van der Waals surface area contributed by atoms with E-state index in [1.54, 1.807) is 12.1 Å². The maximum Gasteiger partial charge on any atom is 0.323 e. The Kier molecular flexibility index (Phi) is 5.45. The highest BCUT2D eigenvalue weighted by atomic mass is 35.5. The molecule has 1 aromatic rings. The molecule has 0 aliphatic carbocycles. The summed E-state index contributed by atoms with van der Waals surface area (Å²) in [5, 5.41) is 0.671. The molecule has 3 nitrogen and oxygen atoms in total. The first-order valence-electron chi connectivity index (χ1n) is 5.65. The minimum atomic E-state index is -0.616. The van der Waals surface area contributed by atoms with Crippen LogP contribution < -0.4 is 5.73 Å². The van der Waals surface area contributed by atoms with Gasteiger partial charge in [0, 0.05) is 5.02 Å². The first-order valence-corrected chi connectivity index (χ1v) is 6.03. The number of hydrogen-bond acceptors (Lipinski definition) is 3. The van der Waals surface area contributed by atoms with Crippen molar-refractivity contribution in [1.82, 2.24) is 0 Å². The monoisotopic (exact) mass is 255 g/mol. The van der Waals surface area contributed by atoms with Crippen molar-refractivity contribution in [1.29, 1.82) is 0 Å². The fourth-order valence-corrected chi connectivity index (χ4v) is 1.44. The van der Waals surface area contributed by atoms with Crippen molar-refractivity contribution < 1.29 is 9.53 Å². The van der Waals surface area contributed by atoms with E-state index in [1.807, 2.05) is 26.0 Å². The van der Waals surface area contributed by atoms with Crippen LogP contribution in [0.2, 0.25) is 5.02 Å². The minimum absolute atomic E-state index is 0.321. The van der Waals surface area contributed by atoms with Gasteiger partial charge in [-0.2, -0.15) is 0 Å². The molecule has 0 fully saturated rings. The van der Waals surface area contributed by atoms with Gasteiger partial charge in [0.2, 0.25) is 0 Å². The van der Waals surface area contributed by atoms with Gasteiger partial charge in [-0.25, -0.2) is 0 Å². The van der Waals surface area contributed by atoms with Crippen LogP contribution in [0.5, 0.6) is 0 Å². The van der Waals surface area contributed by atoms with Gasteiger partial charge in [0.15, 0.2) is 0 Å². The van der Waals surface area contributed by atoms with Gasteiger partial charge in [-0.15, -0.1) is 0 Å². The molecule has 1 atom stereocenters. The molecule has 0 aliphatic heterocycles. The Morgan fingerprint density at radius 1 is 1.35 bits per heavy atom. The summed E-state index contributed by atoms with van der Waals surface area (Å²) >= 11 is 5.77. The molecule has 0 aliphatic rings. The van der Waals surface area contributed by atoms with E-state index in [0.717, 1.165) is 5.56 Å². The molecule has 94 valence electrons. The summed E-state index contributed by atoms with van der Waals surface area (Å²) < 4.78 is 5.07. The Hall–Kier alpha value is -1.06. The molecule has 0 heterocycles. The number of hydrogen-bond donors (Lipinski definition) is 1. The summed E-state index contributed by atoms with van der Waals surface area (Å²) in [6.07, 6.45) is 0.466. The van der Waals surface area contributed by atoms with E-state index in [9.17, 15) is 4.79 Å². The van der Waals surface area contributed by atoms with Crippen molar-refractivity contribution >= 4 is 17.6 Å². The zero-order valence-corrected chi connectivity index (χ0v) is 10.9. The van der Waals surface area contributed by atoms with Crippen LogP contribution >= 0.6 is 11.6 Å². The predicted octanol–water partition coefficient (Wildman–Crippen LogP) is 2.41. The van der Waals surface area contributed by atoms with Gasteiger partial charge in [-0.05, 0) is 30.0 Å². The van der Waals surface area contributed by atoms with E-state index in [1.165, 1.54) is 0 Å². The van der Waals surface area contributed by atoms with E-state index in [-0.39, 0.29) is 5.97 Å². The van der Waals surface area contributed by atoms with E-state index < -0.39 is 6.04 Å². The zero-order valence-electron chi connectivity index (χ0n) is 10.2. The van der Waals surface area contributed by atoms with Crippen LogP contribution in [0.15, 0.2) is 24.3 Å². The maximum atomic E-state index is 11.5. The van der Waals surface area contributed by atoms with Crippen LogP contribution in [0.1, 0.15) is 19.4 Å². The van der Waals surface area contributed by atoms with Gasteiger partial charge in [0.25, 0.3) is 0 Å². The van der Waals surface area contributed by atoms with Crippen LogP contribution in [0.4, 0.5) is 0 Å². The summed E-state index contributed by atoms with van der Waals surface area (Å²) in [5.74, 6) is -0.0321. The Labute approximate surface area is 107 Å². The highest BCUT2D eigenvalue weighted by molar-refractivity contribution is 6.30. The smallest absolute Gasteiger partial charge is 0.323 e. The molecule has 1 aromatic carbocycles. The van der Waals surface area contributed by atoms with Crippen LogP contribution in [-0.2, 0) is 16.0 Å². The van der Waals surface area contributed by atoms with Crippen LogP contribution in [0.3, 0.4) is 0 Å². The van der Waals surface area contributed by atoms with Gasteiger partial charge < -0.3 is 10.5 Å². The van der Waals surface area contributed by atoms with E-state index in [4.69, 9.17) is 22.1 Å². The Bertz CT molecular complexity index is 362. The molecule has 4 heteroatoms. The number of carbonyl (C=O) groups excluding carboxylic acids is 1. The van der Waals surface area contributed by atoms with Crippen LogP contribution in [-0.4, -0.2) is 18.6 Å². The third kappa shape index (κ3) is 5.20. The lowest BCUT2D eigenvalue weighted by molar-refractivity contribution is -0.146. The molecule has 0 saturated carbocycles. The van der Waals surface area contributed by atoms with Crippen molar-refractivity contribution in [3.8, 4) is 0 Å². The second kappa shape index (κ2) is 6.62. The standard InChI is InChI=1S/C13H18ClNO2/c1-9(2)8-17-13(16)12(15)7-10-3-5-11(14)6-4-10/h3-6,9,12H,7-8,15H2,1-2H3/t12-/m0/s1. The molecule has 0 saturated heterocycles. The minimum Gasteiger partial charge on any atom is -0.464 e. The lowest BCUT2D eigenvalue weighted by atomic mass is 10.1. The highest BCUT2D eigenvalue weighted by Gasteiger charge is 2.15. The number of rotatable bonds is 5. The molecule has 0 unspecified atom stereocenters. The van der Waals surface area contributed by atoms with Crippen molar-refractivity contribution in [3.05, 3.63) is 34.9 Å². The van der Waals surface area contributed by atoms with Crippen molar-refractivity contribution in [2.24, 2.45) is 11.7 Å². The lowest BCUT2D eigenvalue weighted by Gasteiger charge is -2.12. The van der Waals surface area contributed by atoms with Crippen molar-refractivity contribution in [2.75, 3.05) is 6.61 Å². The average Bonchev–Trinajstić information content (AvgIpc) is 2.28. The van der Waals surface area contributed by atoms with Gasteiger partial charge >= 0.3 is 5.97 Å². The summed E-state index contributed by atoms with van der Waals surface area (Å²) in [6.45, 7) is 4.38. The Morgan fingerprint density at radius 2 is 1.94 bits per heavy atom. The number of ether oxygens (including phenoxy) is 1. The second-order valence-electron chi connectivity index (χ2n) is 4.46. The highest BCUT2D eigenvalue weighted by Crippen LogP contribution is 2.11. The number of esters is 1. The van der Waals surface area contributed by atoms with Gasteiger partial charge in [-0.1, -0.05) is 37.6 Å². The average molecular weight is 256 g/mol. The summed E-state index contributed by atoms with van der Waals surface area (Å²) in [5.41, 5.74) is 6.74. The molecule has 2 N–H and O–H groups in total. The number of carbonyl (C=O) groups is 1. The SMILES string of the molecule is CC(C)COC(=O)[C@@H](N)Cc1ccc(Cl)cc1. The normalized spacial score (nSPS) is 12.5. The van der Waals surface area contributed by atoms with E-state index >= 15 is 0 Å². The molecule has 17 heavy (non-hydrogen) atoms. The zero-order chi connectivity index (χ0) is 12.8. The molecule has 0 aromatic heterocycles. The van der Waals surface area contributed by atoms with Crippen LogP contribution in [0, 0.1) is 5.92 Å².